The SMILES string of the molecule is CC(C)C1NCCn2c(Br)ccc21. The first kappa shape index (κ1) is 9.28. The topological polar surface area (TPSA) is 17.0 Å². The van der Waals surface area contributed by atoms with Gasteiger partial charge in [-0.3, -0.25) is 0 Å². The molecule has 2 nitrogen and oxygen atoms in total. The number of nitrogens with zero attached hydrogens (tertiary/aromatic N) is 1. The molecule has 72 valence electrons. The molecule has 1 aromatic rings. The Morgan fingerprint density at radius 3 is 3.00 bits per heavy atom. The fourth-order valence-electron chi connectivity index (χ4n) is 1.98. The Bertz CT molecular complexity index is 304. The fourth-order valence-corrected chi connectivity index (χ4v) is 2.49. The van der Waals surface area contributed by atoms with Crippen LogP contribution in [0.3, 0.4) is 0 Å². The monoisotopic (exact) mass is 242 g/mol. The van der Waals surface area contributed by atoms with E-state index >= 15 is 0 Å². The zero-order valence-electron chi connectivity index (χ0n) is 8.05. The van der Waals surface area contributed by atoms with Crippen LogP contribution in [0.5, 0.6) is 0 Å². The molecular formula is C10H15BrN2. The van der Waals surface area contributed by atoms with Gasteiger partial charge in [-0.1, -0.05) is 13.8 Å². The summed E-state index contributed by atoms with van der Waals surface area (Å²) in [5, 5.41) is 3.55. The molecule has 0 saturated carbocycles. The standard InChI is InChI=1S/C10H15BrN2/c1-7(2)10-8-3-4-9(11)13(8)6-5-12-10/h3-4,7,10,12H,5-6H2,1-2H3. The van der Waals surface area contributed by atoms with E-state index in [0.717, 1.165) is 13.1 Å². The van der Waals surface area contributed by atoms with Crippen molar-refractivity contribution in [3.05, 3.63) is 22.4 Å². The molecule has 0 aromatic carbocycles. The van der Waals surface area contributed by atoms with E-state index in [4.69, 9.17) is 0 Å². The lowest BCUT2D eigenvalue weighted by Gasteiger charge is -2.29. The van der Waals surface area contributed by atoms with Crippen molar-refractivity contribution < 1.29 is 0 Å². The molecule has 1 atom stereocenters. The summed E-state index contributed by atoms with van der Waals surface area (Å²) in [4.78, 5) is 0. The highest BCUT2D eigenvalue weighted by molar-refractivity contribution is 9.10. The number of halogens is 1. The van der Waals surface area contributed by atoms with Gasteiger partial charge in [0, 0.05) is 24.8 Å². The van der Waals surface area contributed by atoms with Crippen LogP contribution >= 0.6 is 15.9 Å². The van der Waals surface area contributed by atoms with Crippen molar-refractivity contribution >= 4 is 15.9 Å². The summed E-state index contributed by atoms with van der Waals surface area (Å²) in [6.07, 6.45) is 0. The number of fused-ring (bicyclic) bond motifs is 1. The molecule has 1 aliphatic rings. The third kappa shape index (κ3) is 1.55. The summed E-state index contributed by atoms with van der Waals surface area (Å²) in [6.45, 7) is 6.66. The summed E-state index contributed by atoms with van der Waals surface area (Å²) >= 11 is 3.56. The maximum atomic E-state index is 3.56. The first-order valence-corrected chi connectivity index (χ1v) is 5.58. The largest absolute Gasteiger partial charge is 0.337 e. The molecule has 0 saturated heterocycles. The molecule has 3 heteroatoms. The van der Waals surface area contributed by atoms with Crippen molar-refractivity contribution in [1.29, 1.82) is 0 Å². The molecule has 1 N–H and O–H groups in total. The second-order valence-electron chi connectivity index (χ2n) is 3.91. The smallest absolute Gasteiger partial charge is 0.0849 e. The van der Waals surface area contributed by atoms with E-state index in [2.05, 4.69) is 51.8 Å². The second kappa shape index (κ2) is 3.46. The van der Waals surface area contributed by atoms with Crippen LogP contribution in [0, 0.1) is 5.92 Å². The molecule has 0 aliphatic carbocycles. The molecule has 2 rings (SSSR count). The van der Waals surface area contributed by atoms with Crippen molar-refractivity contribution in [1.82, 2.24) is 9.88 Å². The van der Waals surface area contributed by atoms with E-state index in [9.17, 15) is 0 Å². The van der Waals surface area contributed by atoms with Gasteiger partial charge in [-0.2, -0.15) is 0 Å². The lowest BCUT2D eigenvalue weighted by molar-refractivity contribution is 0.345. The van der Waals surface area contributed by atoms with Crippen LogP contribution in [-0.2, 0) is 6.54 Å². The minimum absolute atomic E-state index is 0.514. The van der Waals surface area contributed by atoms with Crippen LogP contribution < -0.4 is 5.32 Å². The van der Waals surface area contributed by atoms with Gasteiger partial charge in [0.2, 0.25) is 0 Å². The van der Waals surface area contributed by atoms with E-state index in [1.54, 1.807) is 0 Å². The molecule has 0 radical (unpaired) electrons. The van der Waals surface area contributed by atoms with Gasteiger partial charge in [-0.05, 0) is 34.0 Å². The molecular weight excluding hydrogens is 228 g/mol. The van der Waals surface area contributed by atoms with Crippen LogP contribution in [0.4, 0.5) is 0 Å². The van der Waals surface area contributed by atoms with Gasteiger partial charge in [-0.25, -0.2) is 0 Å². The number of aromatic nitrogens is 1. The van der Waals surface area contributed by atoms with Crippen molar-refractivity contribution in [3.63, 3.8) is 0 Å². The molecule has 0 bridgehead atoms. The third-order valence-corrected chi connectivity index (χ3v) is 3.34. The number of hydrogen-bond donors (Lipinski definition) is 1. The van der Waals surface area contributed by atoms with E-state index < -0.39 is 0 Å². The Labute approximate surface area is 87.5 Å². The van der Waals surface area contributed by atoms with Gasteiger partial charge in [0.05, 0.1) is 4.60 Å². The number of hydrogen-bond acceptors (Lipinski definition) is 1. The zero-order chi connectivity index (χ0) is 9.42. The Hall–Kier alpha value is -0.280. The van der Waals surface area contributed by atoms with Crippen LogP contribution in [0.15, 0.2) is 16.7 Å². The average Bonchev–Trinajstić information content (AvgIpc) is 2.48. The summed E-state index contributed by atoms with van der Waals surface area (Å²) < 4.78 is 3.55. The van der Waals surface area contributed by atoms with Gasteiger partial charge in [0.25, 0.3) is 0 Å². The highest BCUT2D eigenvalue weighted by Gasteiger charge is 2.23. The number of rotatable bonds is 1. The molecule has 13 heavy (non-hydrogen) atoms. The Morgan fingerprint density at radius 2 is 2.31 bits per heavy atom. The summed E-state index contributed by atoms with van der Waals surface area (Å²) in [6, 6.07) is 4.86. The van der Waals surface area contributed by atoms with Crippen molar-refractivity contribution in [2.75, 3.05) is 6.54 Å². The van der Waals surface area contributed by atoms with Crippen molar-refractivity contribution in [2.24, 2.45) is 5.92 Å². The molecule has 1 unspecified atom stereocenters. The highest BCUT2D eigenvalue weighted by atomic mass is 79.9. The third-order valence-electron chi connectivity index (χ3n) is 2.65. The quantitative estimate of drug-likeness (QED) is 0.802. The van der Waals surface area contributed by atoms with Crippen LogP contribution in [0.25, 0.3) is 0 Å². The van der Waals surface area contributed by atoms with Crippen molar-refractivity contribution in [3.8, 4) is 0 Å². The molecule has 2 heterocycles. The summed E-state index contributed by atoms with van der Waals surface area (Å²) in [7, 11) is 0. The predicted octanol–water partition coefficient (Wildman–Crippen LogP) is 2.55. The van der Waals surface area contributed by atoms with Gasteiger partial charge in [0.15, 0.2) is 0 Å². The molecule has 0 fully saturated rings. The van der Waals surface area contributed by atoms with Gasteiger partial charge in [-0.15, -0.1) is 0 Å². The van der Waals surface area contributed by atoms with Gasteiger partial charge < -0.3 is 9.88 Å². The minimum Gasteiger partial charge on any atom is -0.337 e. The normalized spacial score (nSPS) is 22.0. The summed E-state index contributed by atoms with van der Waals surface area (Å²) in [5.41, 5.74) is 1.41. The first-order chi connectivity index (χ1) is 6.20. The van der Waals surface area contributed by atoms with E-state index in [1.807, 2.05) is 0 Å². The average molecular weight is 243 g/mol. The molecule has 1 aliphatic heterocycles. The lowest BCUT2D eigenvalue weighted by atomic mass is 10.00. The maximum absolute atomic E-state index is 3.56. The maximum Gasteiger partial charge on any atom is 0.0849 e. The Balaban J connectivity index is 2.38. The van der Waals surface area contributed by atoms with E-state index in [1.165, 1.54) is 10.3 Å². The zero-order valence-corrected chi connectivity index (χ0v) is 9.63. The predicted molar refractivity (Wildman–Crippen MR) is 57.7 cm³/mol. The molecule has 1 aromatic heterocycles. The fraction of sp³-hybridized carbons (Fsp3) is 0.600. The lowest BCUT2D eigenvalue weighted by Crippen LogP contribution is -2.35. The highest BCUT2D eigenvalue weighted by Crippen LogP contribution is 2.28. The Morgan fingerprint density at radius 1 is 1.54 bits per heavy atom. The molecule has 0 amide bonds. The molecule has 0 spiro atoms. The van der Waals surface area contributed by atoms with E-state index in [-0.39, 0.29) is 0 Å². The summed E-state index contributed by atoms with van der Waals surface area (Å²) in [5.74, 6) is 0.654. The first-order valence-electron chi connectivity index (χ1n) is 4.78. The van der Waals surface area contributed by atoms with Crippen molar-refractivity contribution in [2.45, 2.75) is 26.4 Å². The van der Waals surface area contributed by atoms with Crippen LogP contribution in [0.2, 0.25) is 0 Å². The minimum atomic E-state index is 0.514. The Kier molecular flexibility index (Phi) is 2.47. The van der Waals surface area contributed by atoms with Crippen LogP contribution in [0.1, 0.15) is 25.6 Å². The second-order valence-corrected chi connectivity index (χ2v) is 4.72. The number of nitrogens with one attached hydrogen (secondary N) is 1. The van der Waals surface area contributed by atoms with Crippen LogP contribution in [-0.4, -0.2) is 11.1 Å². The van der Waals surface area contributed by atoms with Gasteiger partial charge >= 0.3 is 0 Å². The van der Waals surface area contributed by atoms with Gasteiger partial charge in [0.1, 0.15) is 0 Å². The van der Waals surface area contributed by atoms with E-state index in [0.29, 0.717) is 12.0 Å².